The number of rotatable bonds is 5. The fourth-order valence-corrected chi connectivity index (χ4v) is 2.10. The molecule has 1 heterocycles. The van der Waals surface area contributed by atoms with Crippen LogP contribution in [-0.4, -0.2) is 38.8 Å². The topological polar surface area (TPSA) is 106 Å². The van der Waals surface area contributed by atoms with Crippen molar-refractivity contribution < 1.29 is 9.84 Å². The van der Waals surface area contributed by atoms with Crippen molar-refractivity contribution in [1.82, 2.24) is 15.0 Å². The van der Waals surface area contributed by atoms with Gasteiger partial charge >= 0.3 is 6.01 Å². The molecule has 0 spiro atoms. The molecule has 100 valence electrons. The van der Waals surface area contributed by atoms with Crippen LogP contribution in [0, 0.1) is 0 Å². The molecule has 0 aromatic carbocycles. The summed E-state index contributed by atoms with van der Waals surface area (Å²) in [7, 11) is 0. The predicted octanol–water partition coefficient (Wildman–Crippen LogP) is 0.569. The first-order chi connectivity index (χ1) is 8.61. The van der Waals surface area contributed by atoms with E-state index in [0.29, 0.717) is 19.1 Å². The minimum Gasteiger partial charge on any atom is -0.464 e. The smallest absolute Gasteiger partial charge is 0.323 e. The van der Waals surface area contributed by atoms with Crippen LogP contribution in [0.5, 0.6) is 6.01 Å². The van der Waals surface area contributed by atoms with Gasteiger partial charge in [-0.3, -0.25) is 0 Å². The minimum absolute atomic E-state index is 0.106. The van der Waals surface area contributed by atoms with Crippen molar-refractivity contribution in [1.29, 1.82) is 0 Å². The van der Waals surface area contributed by atoms with Crippen molar-refractivity contribution in [3.05, 3.63) is 0 Å². The van der Waals surface area contributed by atoms with E-state index in [1.165, 1.54) is 0 Å². The van der Waals surface area contributed by atoms with Crippen molar-refractivity contribution >= 4 is 11.9 Å². The molecule has 0 radical (unpaired) electrons. The van der Waals surface area contributed by atoms with Crippen LogP contribution in [0.2, 0.25) is 0 Å². The molecule has 0 atom stereocenters. The molecule has 1 saturated carbocycles. The van der Waals surface area contributed by atoms with Crippen molar-refractivity contribution in [2.24, 2.45) is 0 Å². The zero-order valence-electron chi connectivity index (χ0n) is 10.5. The van der Waals surface area contributed by atoms with Crippen molar-refractivity contribution in [3.63, 3.8) is 0 Å². The number of aliphatic hydroxyl groups is 1. The molecule has 7 heteroatoms. The lowest BCUT2D eigenvalue weighted by Gasteiger charge is -2.22. The molecule has 2 rings (SSSR count). The summed E-state index contributed by atoms with van der Waals surface area (Å²) < 4.78 is 5.18. The maximum absolute atomic E-state index is 10.2. The Labute approximate surface area is 106 Å². The van der Waals surface area contributed by atoms with Crippen LogP contribution in [0.4, 0.5) is 11.9 Å². The Bertz CT molecular complexity index is 406. The van der Waals surface area contributed by atoms with E-state index in [0.717, 1.165) is 25.7 Å². The number of nitrogen functional groups attached to an aromatic ring is 1. The van der Waals surface area contributed by atoms with E-state index in [1.807, 2.05) is 6.92 Å². The lowest BCUT2D eigenvalue weighted by molar-refractivity contribution is 0.0612. The summed E-state index contributed by atoms with van der Waals surface area (Å²) >= 11 is 0. The molecule has 1 fully saturated rings. The lowest BCUT2D eigenvalue weighted by atomic mass is 10.0. The van der Waals surface area contributed by atoms with Crippen molar-refractivity contribution in [3.8, 4) is 6.01 Å². The summed E-state index contributed by atoms with van der Waals surface area (Å²) in [5.41, 5.74) is 4.90. The van der Waals surface area contributed by atoms with Crippen LogP contribution in [0.15, 0.2) is 0 Å². The Balaban J connectivity index is 2.00. The Morgan fingerprint density at radius 1 is 1.33 bits per heavy atom. The Morgan fingerprint density at radius 2 is 2.06 bits per heavy atom. The largest absolute Gasteiger partial charge is 0.464 e. The summed E-state index contributed by atoms with van der Waals surface area (Å²) in [6.07, 6.45) is 3.72. The van der Waals surface area contributed by atoms with E-state index in [1.54, 1.807) is 0 Å². The van der Waals surface area contributed by atoms with E-state index < -0.39 is 5.60 Å². The number of aromatic nitrogens is 3. The summed E-state index contributed by atoms with van der Waals surface area (Å²) in [4.78, 5) is 11.9. The number of hydrogen-bond acceptors (Lipinski definition) is 7. The van der Waals surface area contributed by atoms with Gasteiger partial charge in [0.2, 0.25) is 11.9 Å². The second kappa shape index (κ2) is 5.34. The van der Waals surface area contributed by atoms with Gasteiger partial charge in [-0.25, -0.2) is 0 Å². The third-order valence-electron chi connectivity index (χ3n) is 3.02. The van der Waals surface area contributed by atoms with Gasteiger partial charge in [-0.05, 0) is 19.8 Å². The highest BCUT2D eigenvalue weighted by molar-refractivity contribution is 5.33. The van der Waals surface area contributed by atoms with E-state index >= 15 is 0 Å². The molecule has 18 heavy (non-hydrogen) atoms. The first-order valence-corrected chi connectivity index (χ1v) is 6.22. The van der Waals surface area contributed by atoms with E-state index in [-0.39, 0.29) is 12.0 Å². The number of hydrogen-bond donors (Lipinski definition) is 3. The zero-order chi connectivity index (χ0) is 13.0. The summed E-state index contributed by atoms with van der Waals surface area (Å²) in [5.74, 6) is 0.445. The Kier molecular flexibility index (Phi) is 3.81. The van der Waals surface area contributed by atoms with Crippen molar-refractivity contribution in [2.75, 3.05) is 24.2 Å². The number of ether oxygens (including phenoxy) is 1. The molecule has 0 amide bonds. The number of nitrogens with one attached hydrogen (secondary N) is 1. The summed E-state index contributed by atoms with van der Waals surface area (Å²) in [6.45, 7) is 2.73. The monoisotopic (exact) mass is 253 g/mol. The van der Waals surface area contributed by atoms with Gasteiger partial charge in [0.05, 0.1) is 12.2 Å². The van der Waals surface area contributed by atoms with E-state index in [9.17, 15) is 5.11 Å². The fraction of sp³-hybridized carbons (Fsp3) is 0.727. The number of nitrogens with zero attached hydrogens (tertiary/aromatic N) is 3. The maximum Gasteiger partial charge on any atom is 0.323 e. The van der Waals surface area contributed by atoms with Crippen LogP contribution in [0.3, 0.4) is 0 Å². The molecule has 7 nitrogen and oxygen atoms in total. The normalized spacial score (nSPS) is 17.7. The highest BCUT2D eigenvalue weighted by Gasteiger charge is 2.31. The molecule has 1 aromatic heterocycles. The van der Waals surface area contributed by atoms with Gasteiger partial charge in [-0.15, -0.1) is 0 Å². The van der Waals surface area contributed by atoms with Crippen LogP contribution in [0.25, 0.3) is 0 Å². The van der Waals surface area contributed by atoms with E-state index in [4.69, 9.17) is 10.5 Å². The summed E-state index contributed by atoms with van der Waals surface area (Å²) in [6, 6.07) is 0.200. The molecule has 0 saturated heterocycles. The average Bonchev–Trinajstić information content (AvgIpc) is 2.74. The van der Waals surface area contributed by atoms with E-state index in [2.05, 4.69) is 20.3 Å². The van der Waals surface area contributed by atoms with Gasteiger partial charge in [0, 0.05) is 6.54 Å². The fourth-order valence-electron chi connectivity index (χ4n) is 2.10. The zero-order valence-corrected chi connectivity index (χ0v) is 10.5. The lowest BCUT2D eigenvalue weighted by Crippen LogP contribution is -2.34. The number of nitrogens with two attached hydrogens (primary N) is 1. The van der Waals surface area contributed by atoms with Gasteiger partial charge in [-0.1, -0.05) is 12.8 Å². The second-order valence-electron chi connectivity index (χ2n) is 4.52. The number of anilines is 2. The second-order valence-corrected chi connectivity index (χ2v) is 4.52. The van der Waals surface area contributed by atoms with Gasteiger partial charge in [0.15, 0.2) is 0 Å². The van der Waals surface area contributed by atoms with Gasteiger partial charge in [0.25, 0.3) is 0 Å². The standard InChI is InChI=1S/C11H19N5O2/c1-2-18-10-15-8(12)14-9(16-10)13-7-11(17)5-3-4-6-11/h17H,2-7H2,1H3,(H3,12,13,14,15,16). The SMILES string of the molecule is CCOc1nc(N)nc(NCC2(O)CCCC2)n1. The van der Waals surface area contributed by atoms with Crippen LogP contribution in [0.1, 0.15) is 32.6 Å². The first kappa shape index (κ1) is 12.8. The molecule has 1 aromatic rings. The van der Waals surface area contributed by atoms with Crippen molar-refractivity contribution in [2.45, 2.75) is 38.2 Å². The molecule has 0 bridgehead atoms. The third kappa shape index (κ3) is 3.19. The maximum atomic E-state index is 10.2. The van der Waals surface area contributed by atoms with Gasteiger partial charge in [-0.2, -0.15) is 15.0 Å². The highest BCUT2D eigenvalue weighted by atomic mass is 16.5. The molecular formula is C11H19N5O2. The highest BCUT2D eigenvalue weighted by Crippen LogP contribution is 2.29. The predicted molar refractivity (Wildman–Crippen MR) is 67.3 cm³/mol. The summed E-state index contributed by atoms with van der Waals surface area (Å²) in [5, 5.41) is 13.2. The molecule has 1 aliphatic rings. The molecule has 0 unspecified atom stereocenters. The molecular weight excluding hydrogens is 234 g/mol. The minimum atomic E-state index is -0.660. The van der Waals surface area contributed by atoms with Crippen LogP contribution >= 0.6 is 0 Å². The van der Waals surface area contributed by atoms with Gasteiger partial charge < -0.3 is 20.9 Å². The third-order valence-corrected chi connectivity index (χ3v) is 3.02. The Hall–Kier alpha value is -1.63. The average molecular weight is 253 g/mol. The Morgan fingerprint density at radius 3 is 2.72 bits per heavy atom. The van der Waals surface area contributed by atoms with Crippen LogP contribution < -0.4 is 15.8 Å². The first-order valence-electron chi connectivity index (χ1n) is 6.22. The molecule has 4 N–H and O–H groups in total. The van der Waals surface area contributed by atoms with Gasteiger partial charge in [0.1, 0.15) is 0 Å². The van der Waals surface area contributed by atoms with Crippen LogP contribution in [-0.2, 0) is 0 Å². The molecule has 1 aliphatic carbocycles. The quantitative estimate of drug-likeness (QED) is 0.704. The molecule has 0 aliphatic heterocycles.